The zero-order chi connectivity index (χ0) is 9.42. The molecule has 0 saturated heterocycles. The van der Waals surface area contributed by atoms with Crippen LogP contribution in [0.4, 0.5) is 0 Å². The zero-order valence-electron chi connectivity index (χ0n) is 7.24. The SMILES string of the molecule is Cc1nn(C)cc1-c1n[nH]c(=S)o1. The standard InChI is InChI=1S/C7H8N4OS/c1-4-5(3-11(2)10-4)6-8-9-7(13)12-6/h3H,1-2H3,(H,9,13). The van der Waals surface area contributed by atoms with Crippen LogP contribution in [0, 0.1) is 11.8 Å². The molecule has 1 N–H and O–H groups in total. The highest BCUT2D eigenvalue weighted by Gasteiger charge is 2.10. The Balaban J connectivity index is 2.57. The number of aryl methyl sites for hydroxylation is 2. The fourth-order valence-corrected chi connectivity index (χ4v) is 1.28. The van der Waals surface area contributed by atoms with Crippen LogP contribution >= 0.6 is 12.2 Å². The van der Waals surface area contributed by atoms with E-state index in [4.69, 9.17) is 16.6 Å². The summed E-state index contributed by atoms with van der Waals surface area (Å²) in [6.07, 6.45) is 1.84. The van der Waals surface area contributed by atoms with Gasteiger partial charge in [0.2, 0.25) is 5.89 Å². The number of aromatic nitrogens is 4. The number of hydrogen-bond acceptors (Lipinski definition) is 4. The highest BCUT2D eigenvalue weighted by atomic mass is 32.1. The van der Waals surface area contributed by atoms with E-state index in [2.05, 4.69) is 15.3 Å². The van der Waals surface area contributed by atoms with Crippen molar-refractivity contribution in [2.45, 2.75) is 6.92 Å². The summed E-state index contributed by atoms with van der Waals surface area (Å²) in [5.41, 5.74) is 1.72. The Hall–Kier alpha value is -1.43. The normalized spacial score (nSPS) is 10.6. The van der Waals surface area contributed by atoms with Crippen LogP contribution in [0.5, 0.6) is 0 Å². The van der Waals surface area contributed by atoms with E-state index in [1.54, 1.807) is 4.68 Å². The van der Waals surface area contributed by atoms with Crippen molar-refractivity contribution < 1.29 is 4.42 Å². The van der Waals surface area contributed by atoms with E-state index in [1.807, 2.05) is 20.2 Å². The van der Waals surface area contributed by atoms with E-state index in [1.165, 1.54) is 0 Å². The van der Waals surface area contributed by atoms with Gasteiger partial charge < -0.3 is 4.42 Å². The first-order chi connectivity index (χ1) is 6.16. The predicted molar refractivity (Wildman–Crippen MR) is 48.6 cm³/mol. The van der Waals surface area contributed by atoms with E-state index in [0.717, 1.165) is 11.3 Å². The number of H-pyrrole nitrogens is 1. The summed E-state index contributed by atoms with van der Waals surface area (Å²) in [4.78, 5) is 0.276. The number of rotatable bonds is 1. The van der Waals surface area contributed by atoms with Gasteiger partial charge in [-0.25, -0.2) is 5.10 Å². The lowest BCUT2D eigenvalue weighted by Crippen LogP contribution is -1.86. The van der Waals surface area contributed by atoms with Crippen molar-refractivity contribution in [3.8, 4) is 11.5 Å². The van der Waals surface area contributed by atoms with Gasteiger partial charge in [0.1, 0.15) is 0 Å². The van der Waals surface area contributed by atoms with Crippen LogP contribution in [0.25, 0.3) is 11.5 Å². The Morgan fingerprint density at radius 3 is 2.85 bits per heavy atom. The van der Waals surface area contributed by atoms with Crippen molar-refractivity contribution in [2.75, 3.05) is 0 Å². The fraction of sp³-hybridized carbons (Fsp3) is 0.286. The number of nitrogens with one attached hydrogen (secondary N) is 1. The molecule has 68 valence electrons. The van der Waals surface area contributed by atoms with E-state index < -0.39 is 0 Å². The van der Waals surface area contributed by atoms with Crippen molar-refractivity contribution in [1.82, 2.24) is 20.0 Å². The van der Waals surface area contributed by atoms with E-state index >= 15 is 0 Å². The quantitative estimate of drug-likeness (QED) is 0.701. The van der Waals surface area contributed by atoms with E-state index in [-0.39, 0.29) is 4.84 Å². The maximum Gasteiger partial charge on any atom is 0.284 e. The Labute approximate surface area is 79.4 Å². The van der Waals surface area contributed by atoms with E-state index in [9.17, 15) is 0 Å². The lowest BCUT2D eigenvalue weighted by molar-refractivity contribution is 0.551. The number of aromatic amines is 1. The van der Waals surface area contributed by atoms with Gasteiger partial charge in [0.05, 0.1) is 11.3 Å². The van der Waals surface area contributed by atoms with Gasteiger partial charge in [-0.3, -0.25) is 4.68 Å². The molecule has 0 aliphatic rings. The summed E-state index contributed by atoms with van der Waals surface area (Å²) >= 11 is 4.77. The van der Waals surface area contributed by atoms with Crippen molar-refractivity contribution in [1.29, 1.82) is 0 Å². The topological polar surface area (TPSA) is 59.6 Å². The summed E-state index contributed by atoms with van der Waals surface area (Å²) in [6, 6.07) is 0. The monoisotopic (exact) mass is 196 g/mol. The lowest BCUT2D eigenvalue weighted by Gasteiger charge is -1.86. The molecule has 0 atom stereocenters. The van der Waals surface area contributed by atoms with Gasteiger partial charge in [0, 0.05) is 13.2 Å². The molecule has 0 radical (unpaired) electrons. The minimum atomic E-state index is 0.276. The summed E-state index contributed by atoms with van der Waals surface area (Å²) < 4.78 is 6.86. The molecule has 2 heterocycles. The van der Waals surface area contributed by atoms with Gasteiger partial charge in [0.15, 0.2) is 0 Å². The molecule has 0 amide bonds. The third-order valence-corrected chi connectivity index (χ3v) is 1.86. The molecule has 2 rings (SSSR count). The molecule has 2 aromatic heterocycles. The molecule has 0 spiro atoms. The molecule has 0 aliphatic carbocycles. The number of nitrogens with zero attached hydrogens (tertiary/aromatic N) is 3. The minimum Gasteiger partial charge on any atom is -0.409 e. The van der Waals surface area contributed by atoms with Crippen molar-refractivity contribution >= 4 is 12.2 Å². The van der Waals surface area contributed by atoms with Gasteiger partial charge in [0.25, 0.3) is 4.84 Å². The summed E-state index contributed by atoms with van der Waals surface area (Å²) in [5, 5.41) is 10.6. The van der Waals surface area contributed by atoms with Crippen LogP contribution in [0.15, 0.2) is 10.6 Å². The third kappa shape index (κ3) is 1.40. The second-order valence-corrected chi connectivity index (χ2v) is 3.09. The summed E-state index contributed by atoms with van der Waals surface area (Å²) in [7, 11) is 1.85. The Bertz CT molecular complexity index is 481. The molecule has 0 bridgehead atoms. The highest BCUT2D eigenvalue weighted by Crippen LogP contribution is 2.19. The van der Waals surface area contributed by atoms with Crippen LogP contribution in [-0.2, 0) is 7.05 Å². The average Bonchev–Trinajstić information content (AvgIpc) is 2.58. The first kappa shape index (κ1) is 8.18. The molecule has 2 aromatic rings. The molecule has 0 aliphatic heterocycles. The molecule has 0 fully saturated rings. The van der Waals surface area contributed by atoms with Crippen molar-refractivity contribution in [2.24, 2.45) is 7.05 Å². The molecular formula is C7H8N4OS. The van der Waals surface area contributed by atoms with Gasteiger partial charge in [-0.05, 0) is 19.1 Å². The maximum absolute atomic E-state index is 5.16. The smallest absolute Gasteiger partial charge is 0.284 e. The Kier molecular flexibility index (Phi) is 1.77. The Morgan fingerprint density at radius 2 is 2.38 bits per heavy atom. The Morgan fingerprint density at radius 1 is 1.62 bits per heavy atom. The number of hydrogen-bond donors (Lipinski definition) is 1. The van der Waals surface area contributed by atoms with E-state index in [0.29, 0.717) is 5.89 Å². The molecule has 13 heavy (non-hydrogen) atoms. The maximum atomic E-state index is 5.16. The second kappa shape index (κ2) is 2.81. The second-order valence-electron chi connectivity index (χ2n) is 2.72. The molecule has 5 nitrogen and oxygen atoms in total. The highest BCUT2D eigenvalue weighted by molar-refractivity contribution is 7.71. The van der Waals surface area contributed by atoms with Crippen LogP contribution < -0.4 is 0 Å². The molecule has 0 unspecified atom stereocenters. The lowest BCUT2D eigenvalue weighted by atomic mass is 10.3. The molecular weight excluding hydrogens is 188 g/mol. The van der Waals surface area contributed by atoms with Gasteiger partial charge in [-0.1, -0.05) is 0 Å². The molecule has 0 aromatic carbocycles. The molecule has 6 heteroatoms. The first-order valence-electron chi connectivity index (χ1n) is 3.73. The minimum absolute atomic E-state index is 0.276. The van der Waals surface area contributed by atoms with Gasteiger partial charge in [-0.2, -0.15) is 5.10 Å². The fourth-order valence-electron chi connectivity index (χ4n) is 1.15. The van der Waals surface area contributed by atoms with Crippen LogP contribution in [0.2, 0.25) is 0 Å². The first-order valence-corrected chi connectivity index (χ1v) is 4.14. The summed E-state index contributed by atoms with van der Waals surface area (Å²) in [6.45, 7) is 1.89. The van der Waals surface area contributed by atoms with Crippen LogP contribution in [-0.4, -0.2) is 20.0 Å². The zero-order valence-corrected chi connectivity index (χ0v) is 8.05. The summed E-state index contributed by atoms with van der Waals surface area (Å²) in [5.74, 6) is 0.482. The van der Waals surface area contributed by atoms with Gasteiger partial charge in [-0.15, -0.1) is 5.10 Å². The third-order valence-electron chi connectivity index (χ3n) is 1.68. The van der Waals surface area contributed by atoms with Crippen LogP contribution in [0.3, 0.4) is 0 Å². The predicted octanol–water partition coefficient (Wildman–Crippen LogP) is 1.44. The molecule has 0 saturated carbocycles. The largest absolute Gasteiger partial charge is 0.409 e. The average molecular weight is 196 g/mol. The van der Waals surface area contributed by atoms with Crippen molar-refractivity contribution in [3.05, 3.63) is 16.7 Å². The van der Waals surface area contributed by atoms with Crippen molar-refractivity contribution in [3.63, 3.8) is 0 Å². The van der Waals surface area contributed by atoms with Crippen LogP contribution in [0.1, 0.15) is 5.69 Å². The van der Waals surface area contributed by atoms with Gasteiger partial charge >= 0.3 is 0 Å².